The second-order valence-corrected chi connectivity index (χ2v) is 16.7. The average Bonchev–Trinajstić information content (AvgIpc) is 3.23. The van der Waals surface area contributed by atoms with Crippen molar-refractivity contribution in [1.29, 1.82) is 0 Å². The van der Waals surface area contributed by atoms with Crippen molar-refractivity contribution in [2.75, 3.05) is 13.2 Å². The quantitative estimate of drug-likeness (QED) is 0.0263. The zero-order valence-corrected chi connectivity index (χ0v) is 39.0. The monoisotopic (exact) mass is 827 g/mol. The molecule has 59 heavy (non-hydrogen) atoms. The van der Waals surface area contributed by atoms with Crippen LogP contribution in [0.4, 0.5) is 0 Å². The first-order valence-electron chi connectivity index (χ1n) is 25.1. The Labute approximate surface area is 365 Å². The molecule has 0 aromatic carbocycles. The molecule has 0 saturated carbocycles. The van der Waals surface area contributed by atoms with Crippen molar-refractivity contribution in [2.24, 2.45) is 0 Å². The van der Waals surface area contributed by atoms with E-state index in [1.54, 1.807) is 0 Å². The fourth-order valence-electron chi connectivity index (χ4n) is 6.94. The van der Waals surface area contributed by atoms with Crippen LogP contribution in [0.1, 0.15) is 252 Å². The highest BCUT2D eigenvalue weighted by atomic mass is 16.6. The second kappa shape index (κ2) is 48.0. The molecule has 1 atom stereocenters. The van der Waals surface area contributed by atoms with Crippen molar-refractivity contribution in [3.63, 3.8) is 0 Å². The van der Waals surface area contributed by atoms with Gasteiger partial charge in [-0.15, -0.1) is 0 Å². The predicted molar refractivity (Wildman–Crippen MR) is 252 cm³/mol. The number of unbranched alkanes of at least 4 members (excludes halogenated alkanes) is 26. The Morgan fingerprint density at radius 3 is 1.05 bits per heavy atom. The number of hydrogen-bond acceptors (Lipinski definition) is 6. The maximum Gasteiger partial charge on any atom is 0.306 e. The summed E-state index contributed by atoms with van der Waals surface area (Å²) in [6, 6.07) is 0. The van der Waals surface area contributed by atoms with Crippen LogP contribution in [0.5, 0.6) is 0 Å². The summed E-state index contributed by atoms with van der Waals surface area (Å²) >= 11 is 0. The van der Waals surface area contributed by atoms with Crippen LogP contribution in [0.25, 0.3) is 0 Å². The number of carbonyl (C=O) groups excluding carboxylic acids is 3. The molecule has 1 unspecified atom stereocenters. The molecule has 0 aliphatic heterocycles. The molecule has 0 saturated heterocycles. The standard InChI is InChI=1S/C53H94O6/c1-4-7-10-13-16-19-21-23-25-26-28-29-31-34-37-40-43-46-52(55)58-49-50(48-57-51(54)45-42-39-36-33-18-15-12-9-6-3)59-53(56)47-44-41-38-35-32-30-27-24-22-20-17-14-11-8-5-2/h16,19-20,22-23,25,33,36,50H,4-15,17-18,21,24,26-32,34-35,37-49H2,1-3H3/b19-16-,22-20-,25-23-,36-33-. The number of ether oxygens (including phenoxy) is 3. The lowest BCUT2D eigenvalue weighted by Gasteiger charge is -2.18. The third-order valence-electron chi connectivity index (χ3n) is 10.8. The van der Waals surface area contributed by atoms with E-state index in [-0.39, 0.29) is 31.1 Å². The lowest BCUT2D eigenvalue weighted by Crippen LogP contribution is -2.30. The maximum absolute atomic E-state index is 12.8. The average molecular weight is 827 g/mol. The summed E-state index contributed by atoms with van der Waals surface area (Å²) in [4.78, 5) is 37.8. The highest BCUT2D eigenvalue weighted by Gasteiger charge is 2.19. The van der Waals surface area contributed by atoms with Crippen LogP contribution in [0.2, 0.25) is 0 Å². The van der Waals surface area contributed by atoms with Crippen LogP contribution in [0.3, 0.4) is 0 Å². The Hall–Kier alpha value is -2.63. The third kappa shape index (κ3) is 46.3. The molecule has 0 bridgehead atoms. The van der Waals surface area contributed by atoms with E-state index >= 15 is 0 Å². The summed E-state index contributed by atoms with van der Waals surface area (Å²) in [6.45, 7) is 6.54. The molecular weight excluding hydrogens is 733 g/mol. The summed E-state index contributed by atoms with van der Waals surface area (Å²) in [6.07, 6.45) is 56.7. The maximum atomic E-state index is 12.8. The number of esters is 3. The van der Waals surface area contributed by atoms with Crippen molar-refractivity contribution in [1.82, 2.24) is 0 Å². The number of rotatable bonds is 45. The van der Waals surface area contributed by atoms with E-state index < -0.39 is 6.10 Å². The zero-order chi connectivity index (χ0) is 43.0. The molecule has 0 heterocycles. The molecule has 0 aliphatic rings. The molecule has 0 spiro atoms. The Bertz CT molecular complexity index is 1040. The highest BCUT2D eigenvalue weighted by molar-refractivity contribution is 5.71. The van der Waals surface area contributed by atoms with Gasteiger partial charge in [0.15, 0.2) is 6.10 Å². The molecule has 6 heteroatoms. The van der Waals surface area contributed by atoms with Crippen LogP contribution in [-0.4, -0.2) is 37.2 Å². The van der Waals surface area contributed by atoms with Crippen molar-refractivity contribution in [3.05, 3.63) is 48.6 Å². The van der Waals surface area contributed by atoms with Crippen LogP contribution in [-0.2, 0) is 28.6 Å². The SMILES string of the molecule is CCCCC/C=C\C/C=C\CCCCCCCCCC(=O)OCC(COC(=O)CCC/C=C\CCCCCC)OC(=O)CCCCCCCCC/C=C\CCCCCC. The molecule has 0 radical (unpaired) electrons. The van der Waals surface area contributed by atoms with Gasteiger partial charge in [0.1, 0.15) is 13.2 Å². The van der Waals surface area contributed by atoms with Crippen LogP contribution in [0.15, 0.2) is 48.6 Å². The summed E-state index contributed by atoms with van der Waals surface area (Å²) in [7, 11) is 0. The Morgan fingerprint density at radius 2 is 0.627 bits per heavy atom. The predicted octanol–water partition coefficient (Wildman–Crippen LogP) is 16.3. The van der Waals surface area contributed by atoms with Crippen LogP contribution in [0, 0.1) is 0 Å². The summed E-state index contributed by atoms with van der Waals surface area (Å²) in [5.41, 5.74) is 0. The lowest BCUT2D eigenvalue weighted by atomic mass is 10.1. The first-order chi connectivity index (χ1) is 29.0. The first-order valence-corrected chi connectivity index (χ1v) is 25.1. The minimum atomic E-state index is -0.786. The molecule has 0 rings (SSSR count). The van der Waals surface area contributed by atoms with E-state index in [2.05, 4.69) is 69.4 Å². The lowest BCUT2D eigenvalue weighted by molar-refractivity contribution is -0.167. The van der Waals surface area contributed by atoms with E-state index in [9.17, 15) is 14.4 Å². The minimum absolute atomic E-state index is 0.0869. The van der Waals surface area contributed by atoms with Gasteiger partial charge in [-0.3, -0.25) is 14.4 Å². The molecule has 342 valence electrons. The second-order valence-electron chi connectivity index (χ2n) is 16.7. The van der Waals surface area contributed by atoms with Crippen molar-refractivity contribution < 1.29 is 28.6 Å². The molecule has 0 aromatic rings. The van der Waals surface area contributed by atoms with Gasteiger partial charge in [-0.1, -0.05) is 185 Å². The molecule has 6 nitrogen and oxygen atoms in total. The molecule has 0 aliphatic carbocycles. The first kappa shape index (κ1) is 56.4. The fraction of sp³-hybridized carbons (Fsp3) is 0.792. The number of allylic oxidation sites excluding steroid dienone is 8. The highest BCUT2D eigenvalue weighted by Crippen LogP contribution is 2.14. The van der Waals surface area contributed by atoms with Gasteiger partial charge in [-0.05, 0) is 96.3 Å². The number of carbonyl (C=O) groups is 3. The van der Waals surface area contributed by atoms with Crippen LogP contribution < -0.4 is 0 Å². The Morgan fingerprint density at radius 1 is 0.339 bits per heavy atom. The van der Waals surface area contributed by atoms with E-state index in [0.29, 0.717) is 25.7 Å². The normalized spacial score (nSPS) is 12.4. The summed E-state index contributed by atoms with van der Waals surface area (Å²) < 4.78 is 16.7. The summed E-state index contributed by atoms with van der Waals surface area (Å²) in [5.74, 6) is -0.932. The topological polar surface area (TPSA) is 78.9 Å². The van der Waals surface area contributed by atoms with E-state index in [1.807, 2.05) is 0 Å². The van der Waals surface area contributed by atoms with Crippen molar-refractivity contribution >= 4 is 17.9 Å². The molecule has 0 aromatic heterocycles. The summed E-state index contributed by atoms with van der Waals surface area (Å²) in [5, 5.41) is 0. The largest absolute Gasteiger partial charge is 0.462 e. The Kier molecular flexibility index (Phi) is 45.9. The van der Waals surface area contributed by atoms with Crippen LogP contribution >= 0.6 is 0 Å². The van der Waals surface area contributed by atoms with Gasteiger partial charge in [0.25, 0.3) is 0 Å². The van der Waals surface area contributed by atoms with Gasteiger partial charge in [0.05, 0.1) is 0 Å². The van der Waals surface area contributed by atoms with Gasteiger partial charge in [0.2, 0.25) is 0 Å². The van der Waals surface area contributed by atoms with E-state index in [4.69, 9.17) is 14.2 Å². The smallest absolute Gasteiger partial charge is 0.306 e. The van der Waals surface area contributed by atoms with Gasteiger partial charge in [-0.2, -0.15) is 0 Å². The minimum Gasteiger partial charge on any atom is -0.462 e. The molecular formula is C53H94O6. The van der Waals surface area contributed by atoms with Gasteiger partial charge in [0, 0.05) is 19.3 Å². The van der Waals surface area contributed by atoms with Crippen molar-refractivity contribution in [3.8, 4) is 0 Å². The number of hydrogen-bond donors (Lipinski definition) is 0. The van der Waals surface area contributed by atoms with Crippen molar-refractivity contribution in [2.45, 2.75) is 258 Å². The zero-order valence-electron chi connectivity index (χ0n) is 39.0. The van der Waals surface area contributed by atoms with Gasteiger partial charge in [-0.25, -0.2) is 0 Å². The molecule has 0 fully saturated rings. The van der Waals surface area contributed by atoms with Gasteiger partial charge < -0.3 is 14.2 Å². The van der Waals surface area contributed by atoms with E-state index in [0.717, 1.165) is 64.2 Å². The fourth-order valence-corrected chi connectivity index (χ4v) is 6.94. The molecule has 0 amide bonds. The van der Waals surface area contributed by atoms with E-state index in [1.165, 1.54) is 141 Å². The van der Waals surface area contributed by atoms with Gasteiger partial charge >= 0.3 is 17.9 Å². The third-order valence-corrected chi connectivity index (χ3v) is 10.8. The Balaban J connectivity index is 4.35. The molecule has 0 N–H and O–H groups in total.